The summed E-state index contributed by atoms with van der Waals surface area (Å²) in [6.07, 6.45) is 1.88. The molecule has 42 heavy (non-hydrogen) atoms. The lowest BCUT2D eigenvalue weighted by Crippen LogP contribution is -2.48. The van der Waals surface area contributed by atoms with E-state index in [4.69, 9.17) is 4.74 Å². The highest BCUT2D eigenvalue weighted by Gasteiger charge is 2.31. The summed E-state index contributed by atoms with van der Waals surface area (Å²) in [5.74, 6) is 0.271. The number of hydrogen-bond acceptors (Lipinski definition) is 5. The monoisotopic (exact) mass is 579 g/mol. The first kappa shape index (κ1) is 27.6. The number of carbonyl (C=O) groups is 2. The van der Waals surface area contributed by atoms with Gasteiger partial charge in [0.15, 0.2) is 0 Å². The number of fused-ring (bicyclic) bond motifs is 1. The fourth-order valence-electron chi connectivity index (χ4n) is 5.22. The summed E-state index contributed by atoms with van der Waals surface area (Å²) in [6, 6.07) is 29.4. The molecule has 8 heteroatoms. The predicted molar refractivity (Wildman–Crippen MR) is 165 cm³/mol. The molecular formula is C34H30FN3O3S. The first-order valence-corrected chi connectivity index (χ1v) is 14.6. The highest BCUT2D eigenvalue weighted by atomic mass is 32.2. The standard InChI is InChI=1S/C34H30FN3O3S/c1-41-29-14-12-28(13-15-29)36-17-19-37(20-18-36)33(39)26-9-16-31-30(22-26)38(23-25-7-10-27(35)11-8-25)34(40)32(42-31)21-24-5-3-2-4-6-24/h2-16,21-22H,17-20,23H2,1H3. The van der Waals surface area contributed by atoms with E-state index in [1.165, 1.54) is 23.9 Å². The highest BCUT2D eigenvalue weighted by Crippen LogP contribution is 2.43. The first-order valence-electron chi connectivity index (χ1n) is 13.8. The molecule has 6 nitrogen and oxygen atoms in total. The molecule has 1 saturated heterocycles. The number of nitrogens with zero attached hydrogens (tertiary/aromatic N) is 3. The van der Waals surface area contributed by atoms with Gasteiger partial charge in [-0.05, 0) is 71.8 Å². The minimum atomic E-state index is -0.329. The molecule has 0 unspecified atom stereocenters. The molecule has 0 aliphatic carbocycles. The molecule has 0 atom stereocenters. The fourth-order valence-corrected chi connectivity index (χ4v) is 6.26. The molecule has 2 aliphatic heterocycles. The summed E-state index contributed by atoms with van der Waals surface area (Å²) in [5.41, 5.74) is 4.05. The van der Waals surface area contributed by atoms with Gasteiger partial charge in [-0.2, -0.15) is 0 Å². The van der Waals surface area contributed by atoms with Crippen LogP contribution in [0.15, 0.2) is 107 Å². The average molecular weight is 580 g/mol. The molecule has 0 N–H and O–H groups in total. The van der Waals surface area contributed by atoms with Gasteiger partial charge < -0.3 is 19.4 Å². The summed E-state index contributed by atoms with van der Waals surface area (Å²) in [4.78, 5) is 34.7. The normalized spacial score (nSPS) is 16.0. The fraction of sp³-hybridized carbons (Fsp3) is 0.176. The van der Waals surface area contributed by atoms with Crippen molar-refractivity contribution in [3.05, 3.63) is 124 Å². The molecular weight excluding hydrogens is 549 g/mol. The molecule has 212 valence electrons. The van der Waals surface area contributed by atoms with Crippen LogP contribution in [0.2, 0.25) is 0 Å². The molecule has 0 bridgehead atoms. The van der Waals surface area contributed by atoms with E-state index in [-0.39, 0.29) is 24.2 Å². The average Bonchev–Trinajstić information content (AvgIpc) is 3.04. The summed E-state index contributed by atoms with van der Waals surface area (Å²) in [7, 11) is 1.65. The van der Waals surface area contributed by atoms with E-state index in [0.29, 0.717) is 29.2 Å². The van der Waals surface area contributed by atoms with Crippen LogP contribution in [0, 0.1) is 5.82 Å². The van der Waals surface area contributed by atoms with E-state index >= 15 is 0 Å². The van der Waals surface area contributed by atoms with Crippen molar-refractivity contribution in [3.63, 3.8) is 0 Å². The maximum absolute atomic E-state index is 13.8. The van der Waals surface area contributed by atoms with E-state index in [1.54, 1.807) is 24.1 Å². The van der Waals surface area contributed by atoms with Gasteiger partial charge in [0.25, 0.3) is 11.8 Å². The molecule has 0 saturated carbocycles. The van der Waals surface area contributed by atoms with Crippen LogP contribution in [0.1, 0.15) is 21.5 Å². The third kappa shape index (κ3) is 5.90. The molecule has 1 fully saturated rings. The molecule has 2 aliphatic rings. The Balaban J connectivity index is 1.24. The maximum atomic E-state index is 13.8. The SMILES string of the molecule is COc1ccc(N2CCN(C(=O)c3ccc4c(c3)N(Cc3ccc(F)cc3)C(=O)C(=Cc3ccccc3)S4)CC2)cc1. The third-order valence-corrected chi connectivity index (χ3v) is 8.61. The number of ether oxygens (including phenoxy) is 1. The van der Waals surface area contributed by atoms with E-state index in [1.807, 2.05) is 83.8 Å². The minimum absolute atomic E-state index is 0.0583. The number of carbonyl (C=O) groups excluding carboxylic acids is 2. The number of thioether (sulfide) groups is 1. The van der Waals surface area contributed by atoms with Crippen molar-refractivity contribution in [1.82, 2.24) is 4.90 Å². The zero-order valence-corrected chi connectivity index (χ0v) is 24.0. The van der Waals surface area contributed by atoms with Crippen LogP contribution in [0.25, 0.3) is 6.08 Å². The van der Waals surface area contributed by atoms with Gasteiger partial charge in [0.2, 0.25) is 0 Å². The molecule has 0 aromatic heterocycles. The van der Waals surface area contributed by atoms with Gasteiger partial charge in [0, 0.05) is 42.3 Å². The number of halogens is 1. The number of hydrogen-bond donors (Lipinski definition) is 0. The van der Waals surface area contributed by atoms with Crippen LogP contribution in [0.4, 0.5) is 15.8 Å². The van der Waals surface area contributed by atoms with E-state index in [0.717, 1.165) is 40.5 Å². The topological polar surface area (TPSA) is 53.1 Å². The Morgan fingerprint density at radius 1 is 0.905 bits per heavy atom. The predicted octanol–water partition coefficient (Wildman–Crippen LogP) is 6.48. The zero-order chi connectivity index (χ0) is 29.1. The lowest BCUT2D eigenvalue weighted by molar-refractivity contribution is -0.114. The molecule has 2 amide bonds. The van der Waals surface area contributed by atoms with Gasteiger partial charge in [-0.15, -0.1) is 0 Å². The third-order valence-electron chi connectivity index (χ3n) is 7.53. The van der Waals surface area contributed by atoms with Crippen molar-refractivity contribution in [1.29, 1.82) is 0 Å². The summed E-state index contributed by atoms with van der Waals surface area (Å²) in [5, 5.41) is 0. The number of amides is 2. The van der Waals surface area contributed by atoms with Crippen LogP contribution in [0.5, 0.6) is 5.75 Å². The number of anilines is 2. The second-order valence-electron chi connectivity index (χ2n) is 10.2. The highest BCUT2D eigenvalue weighted by molar-refractivity contribution is 8.04. The molecule has 4 aromatic carbocycles. The zero-order valence-electron chi connectivity index (χ0n) is 23.2. The van der Waals surface area contributed by atoms with Crippen LogP contribution in [-0.4, -0.2) is 50.0 Å². The van der Waals surface area contributed by atoms with Gasteiger partial charge in [-0.1, -0.05) is 54.2 Å². The first-order chi connectivity index (χ1) is 20.5. The summed E-state index contributed by atoms with van der Waals surface area (Å²) in [6.45, 7) is 2.90. The molecule has 4 aromatic rings. The molecule has 0 spiro atoms. The van der Waals surface area contributed by atoms with Crippen molar-refractivity contribution < 1.29 is 18.7 Å². The Hall–Kier alpha value is -4.56. The van der Waals surface area contributed by atoms with Gasteiger partial charge in [-0.25, -0.2) is 4.39 Å². The van der Waals surface area contributed by atoms with Crippen LogP contribution < -0.4 is 14.5 Å². The Morgan fingerprint density at radius 3 is 2.31 bits per heavy atom. The van der Waals surface area contributed by atoms with Gasteiger partial charge in [0.1, 0.15) is 11.6 Å². The van der Waals surface area contributed by atoms with E-state index in [2.05, 4.69) is 4.90 Å². The Labute approximate surface area is 249 Å². The second-order valence-corrected chi connectivity index (χ2v) is 11.3. The van der Waals surface area contributed by atoms with Gasteiger partial charge >= 0.3 is 0 Å². The lowest BCUT2D eigenvalue weighted by Gasteiger charge is -2.36. The quantitative estimate of drug-likeness (QED) is 0.245. The van der Waals surface area contributed by atoms with Gasteiger partial charge in [-0.3, -0.25) is 9.59 Å². The van der Waals surface area contributed by atoms with Gasteiger partial charge in [0.05, 0.1) is 24.2 Å². The van der Waals surface area contributed by atoms with Crippen molar-refractivity contribution in [2.45, 2.75) is 11.4 Å². The number of methoxy groups -OCH3 is 1. The van der Waals surface area contributed by atoms with Crippen molar-refractivity contribution in [2.24, 2.45) is 0 Å². The Morgan fingerprint density at radius 2 is 1.62 bits per heavy atom. The Bertz CT molecular complexity index is 1620. The minimum Gasteiger partial charge on any atom is -0.497 e. The molecule has 6 rings (SSSR count). The van der Waals surface area contributed by atoms with E-state index in [9.17, 15) is 14.0 Å². The van der Waals surface area contributed by atoms with Crippen molar-refractivity contribution in [3.8, 4) is 5.75 Å². The number of rotatable bonds is 6. The van der Waals surface area contributed by atoms with Crippen molar-refractivity contribution >= 4 is 41.0 Å². The molecule has 0 radical (unpaired) electrons. The summed E-state index contributed by atoms with van der Waals surface area (Å²) < 4.78 is 18.9. The second kappa shape index (κ2) is 12.1. The smallest absolute Gasteiger partial charge is 0.265 e. The Kier molecular flexibility index (Phi) is 7.97. The number of piperazine rings is 1. The number of benzene rings is 4. The maximum Gasteiger partial charge on any atom is 0.265 e. The molecule has 2 heterocycles. The summed E-state index contributed by atoms with van der Waals surface area (Å²) >= 11 is 1.40. The van der Waals surface area contributed by atoms with Crippen LogP contribution in [0.3, 0.4) is 0 Å². The largest absolute Gasteiger partial charge is 0.497 e. The van der Waals surface area contributed by atoms with E-state index < -0.39 is 0 Å². The van der Waals surface area contributed by atoms with Crippen LogP contribution in [-0.2, 0) is 11.3 Å². The van der Waals surface area contributed by atoms with Crippen molar-refractivity contribution in [2.75, 3.05) is 43.1 Å². The van der Waals surface area contributed by atoms with Crippen LogP contribution >= 0.6 is 11.8 Å². The lowest BCUT2D eigenvalue weighted by atomic mass is 10.1.